The second-order valence-electron chi connectivity index (χ2n) is 12.7. The van der Waals surface area contributed by atoms with E-state index in [0.717, 1.165) is 62.5 Å². The van der Waals surface area contributed by atoms with Crippen molar-refractivity contribution in [3.05, 3.63) is 83.4 Å². The lowest BCUT2D eigenvalue weighted by molar-refractivity contribution is -0.655. The van der Waals surface area contributed by atoms with E-state index in [1.165, 1.54) is 24.3 Å². The summed E-state index contributed by atoms with van der Waals surface area (Å²) in [5, 5.41) is 4.45. The van der Waals surface area contributed by atoms with Gasteiger partial charge in [-0.1, -0.05) is 26.0 Å². The normalized spacial score (nSPS) is 20.5. The molecule has 0 saturated carbocycles. The van der Waals surface area contributed by atoms with E-state index >= 15 is 0 Å². The van der Waals surface area contributed by atoms with Crippen LogP contribution >= 0.6 is 0 Å². The molecule has 3 heterocycles. The van der Waals surface area contributed by atoms with Crippen molar-refractivity contribution in [1.82, 2.24) is 9.80 Å². The van der Waals surface area contributed by atoms with Gasteiger partial charge >= 0.3 is 0 Å². The minimum absolute atomic E-state index is 0.0780. The molecule has 3 aliphatic rings. The second kappa shape index (κ2) is 13.5. The maximum Gasteiger partial charge on any atom is 0.254 e. The lowest BCUT2D eigenvalue weighted by Crippen LogP contribution is -2.89. The standard InChI is InChI=1S/C35H41F2N5O3/c1-23(2)32-22-41(34(43)26-17-28(37)20-29(18-26)40-13-11-38-12-14-40)15-16-42(32)35(44)25-5-8-33(45-30-9-10-39-21-30)31(19-25)24-3-6-27(36)7-4-24/h3-8,17-20,23,30,32,38-39H,9-16,21-22H2,1-2H3/p+2/t30-,32+/m0/s1. The van der Waals surface area contributed by atoms with E-state index in [0.29, 0.717) is 36.5 Å². The zero-order valence-electron chi connectivity index (χ0n) is 26.1. The highest BCUT2D eigenvalue weighted by molar-refractivity contribution is 5.98. The van der Waals surface area contributed by atoms with E-state index in [9.17, 15) is 18.4 Å². The molecule has 0 aromatic heterocycles. The van der Waals surface area contributed by atoms with Gasteiger partial charge in [0.15, 0.2) is 6.10 Å². The first-order valence-electron chi connectivity index (χ1n) is 16.1. The summed E-state index contributed by atoms with van der Waals surface area (Å²) in [6.07, 6.45) is 1.02. The van der Waals surface area contributed by atoms with E-state index in [1.54, 1.807) is 29.2 Å². The number of halogens is 2. The average molecular weight is 620 g/mol. The van der Waals surface area contributed by atoms with Crippen LogP contribution in [0, 0.1) is 17.6 Å². The number of rotatable bonds is 7. The molecule has 0 aliphatic carbocycles. The van der Waals surface area contributed by atoms with Gasteiger partial charge in [-0.2, -0.15) is 0 Å². The topological polar surface area (TPSA) is 86.3 Å². The number of anilines is 1. The van der Waals surface area contributed by atoms with Crippen LogP contribution in [0.4, 0.5) is 14.5 Å². The smallest absolute Gasteiger partial charge is 0.254 e. The fourth-order valence-corrected chi connectivity index (χ4v) is 6.69. The van der Waals surface area contributed by atoms with Gasteiger partial charge in [0, 0.05) is 48.4 Å². The first kappa shape index (κ1) is 31.0. The molecule has 0 spiro atoms. The summed E-state index contributed by atoms with van der Waals surface area (Å²) in [6, 6.07) is 16.1. The Morgan fingerprint density at radius 2 is 1.60 bits per heavy atom. The van der Waals surface area contributed by atoms with E-state index in [1.807, 2.05) is 30.9 Å². The summed E-state index contributed by atoms with van der Waals surface area (Å²) in [5.41, 5.74) is 3.10. The Kier molecular flexibility index (Phi) is 9.32. The van der Waals surface area contributed by atoms with Gasteiger partial charge in [-0.25, -0.2) is 8.78 Å². The molecule has 45 heavy (non-hydrogen) atoms. The molecule has 3 saturated heterocycles. The number of nitrogens with zero attached hydrogens (tertiary/aromatic N) is 3. The van der Waals surface area contributed by atoms with Gasteiger partial charge in [-0.3, -0.25) is 9.59 Å². The van der Waals surface area contributed by atoms with Gasteiger partial charge < -0.3 is 30.1 Å². The van der Waals surface area contributed by atoms with Crippen LogP contribution in [-0.2, 0) is 0 Å². The quantitative estimate of drug-likeness (QED) is 0.426. The lowest BCUT2D eigenvalue weighted by atomic mass is 9.96. The fraction of sp³-hybridized carbons (Fsp3) is 0.429. The molecule has 238 valence electrons. The van der Waals surface area contributed by atoms with E-state index in [4.69, 9.17) is 4.74 Å². The summed E-state index contributed by atoms with van der Waals surface area (Å²) in [5.74, 6) is -0.344. The molecule has 8 nitrogen and oxygen atoms in total. The lowest BCUT2D eigenvalue weighted by Gasteiger charge is -2.43. The third-order valence-corrected chi connectivity index (χ3v) is 9.23. The highest BCUT2D eigenvalue weighted by atomic mass is 19.1. The minimum Gasteiger partial charge on any atom is -0.484 e. The van der Waals surface area contributed by atoms with Crippen LogP contribution in [-0.4, -0.2) is 92.7 Å². The van der Waals surface area contributed by atoms with Crippen LogP contribution in [0.25, 0.3) is 11.1 Å². The Morgan fingerprint density at radius 3 is 2.31 bits per heavy atom. The van der Waals surface area contributed by atoms with Crippen molar-refractivity contribution in [3.8, 4) is 16.9 Å². The van der Waals surface area contributed by atoms with Gasteiger partial charge in [0.25, 0.3) is 11.8 Å². The van der Waals surface area contributed by atoms with Gasteiger partial charge in [0.05, 0.1) is 38.8 Å². The van der Waals surface area contributed by atoms with Gasteiger partial charge in [-0.15, -0.1) is 0 Å². The van der Waals surface area contributed by atoms with Crippen molar-refractivity contribution in [2.45, 2.75) is 32.4 Å². The zero-order chi connectivity index (χ0) is 31.5. The molecule has 0 bridgehead atoms. The Balaban J connectivity index is 1.22. The van der Waals surface area contributed by atoms with Gasteiger partial charge in [-0.05, 0) is 60.0 Å². The van der Waals surface area contributed by atoms with Crippen LogP contribution in [0.3, 0.4) is 0 Å². The van der Waals surface area contributed by atoms with Crippen molar-refractivity contribution in [1.29, 1.82) is 0 Å². The third-order valence-electron chi connectivity index (χ3n) is 9.23. The summed E-state index contributed by atoms with van der Waals surface area (Å²) in [6.45, 7) is 10.5. The number of piperazine rings is 2. The van der Waals surface area contributed by atoms with Crippen LogP contribution in [0.15, 0.2) is 60.7 Å². The molecular formula is C35H43F2N5O3+2. The summed E-state index contributed by atoms with van der Waals surface area (Å²) < 4.78 is 34.8. The van der Waals surface area contributed by atoms with Crippen LogP contribution in [0.5, 0.6) is 5.75 Å². The van der Waals surface area contributed by atoms with Gasteiger partial charge in [0.2, 0.25) is 0 Å². The molecule has 0 radical (unpaired) electrons. The number of hydrogen-bond donors (Lipinski definition) is 2. The van der Waals surface area contributed by atoms with E-state index in [2.05, 4.69) is 15.5 Å². The Labute approximate surface area is 263 Å². The number of hydrogen-bond acceptors (Lipinski definition) is 4. The molecule has 2 amide bonds. The summed E-state index contributed by atoms with van der Waals surface area (Å²) in [4.78, 5) is 33.5. The van der Waals surface area contributed by atoms with Crippen LogP contribution in [0.1, 0.15) is 41.0 Å². The zero-order valence-corrected chi connectivity index (χ0v) is 26.1. The van der Waals surface area contributed by atoms with Crippen LogP contribution < -0.4 is 20.3 Å². The summed E-state index contributed by atoms with van der Waals surface area (Å²) >= 11 is 0. The molecule has 2 atom stereocenters. The Hall–Kier alpha value is -4.02. The number of quaternary nitrogens is 2. The van der Waals surface area contributed by atoms with Crippen molar-refractivity contribution >= 4 is 17.5 Å². The highest BCUT2D eigenvalue weighted by Gasteiger charge is 2.35. The van der Waals surface area contributed by atoms with Crippen LogP contribution in [0.2, 0.25) is 0 Å². The maximum atomic E-state index is 14.7. The van der Waals surface area contributed by atoms with Gasteiger partial charge in [0.1, 0.15) is 23.9 Å². The van der Waals surface area contributed by atoms with E-state index < -0.39 is 5.82 Å². The maximum absolute atomic E-state index is 14.7. The number of ether oxygens (including phenoxy) is 1. The average Bonchev–Trinajstić information content (AvgIpc) is 3.58. The monoisotopic (exact) mass is 619 g/mol. The number of carbonyl (C=O) groups excluding carboxylic acids is 2. The Morgan fingerprint density at radius 1 is 0.822 bits per heavy atom. The van der Waals surface area contributed by atoms with Crippen molar-refractivity contribution < 1.29 is 33.7 Å². The van der Waals surface area contributed by atoms with Crippen molar-refractivity contribution in [2.24, 2.45) is 5.92 Å². The minimum atomic E-state index is -0.421. The molecule has 3 aromatic carbocycles. The molecule has 4 N–H and O–H groups in total. The number of carbonyl (C=O) groups is 2. The molecular weight excluding hydrogens is 576 g/mol. The predicted octanol–water partition coefficient (Wildman–Crippen LogP) is 2.35. The van der Waals surface area contributed by atoms with E-state index in [-0.39, 0.29) is 35.7 Å². The molecule has 3 aromatic rings. The Bertz CT molecular complexity index is 1520. The molecule has 3 fully saturated rings. The summed E-state index contributed by atoms with van der Waals surface area (Å²) in [7, 11) is 0. The first-order valence-corrected chi connectivity index (χ1v) is 16.1. The van der Waals surface area contributed by atoms with Crippen molar-refractivity contribution in [2.75, 3.05) is 63.8 Å². The SMILES string of the molecule is CC(C)[C@H]1CN(C(=O)c2cc(F)cc(N3CC[NH2+]CC3)c2)CCN1C(=O)c1ccc(O[C@H]2CC[NH2+]C2)c(-c2ccc(F)cc2)c1. The molecule has 0 unspecified atom stereocenters. The molecule has 10 heteroatoms. The molecule has 3 aliphatic heterocycles. The number of benzene rings is 3. The number of amides is 2. The largest absolute Gasteiger partial charge is 0.484 e. The first-order chi connectivity index (χ1) is 21.8. The highest BCUT2D eigenvalue weighted by Crippen LogP contribution is 2.34. The second-order valence-corrected chi connectivity index (χ2v) is 12.7. The number of nitrogens with two attached hydrogens (primary N) is 2. The third kappa shape index (κ3) is 6.97. The van der Waals surface area contributed by atoms with Crippen molar-refractivity contribution in [3.63, 3.8) is 0 Å². The fourth-order valence-electron chi connectivity index (χ4n) is 6.69. The molecule has 6 rings (SSSR count). The predicted molar refractivity (Wildman–Crippen MR) is 168 cm³/mol.